The number of rotatable bonds is 1. The molecule has 13 heavy (non-hydrogen) atoms. The first kappa shape index (κ1) is 8.28. The molecular formula is C6H2FN3O2Se. The van der Waals surface area contributed by atoms with Crippen LogP contribution < -0.4 is 0 Å². The molecule has 0 unspecified atom stereocenters. The molecule has 0 aliphatic carbocycles. The molecule has 1 heterocycles. The van der Waals surface area contributed by atoms with Gasteiger partial charge in [0, 0.05) is 0 Å². The molecule has 7 heteroatoms. The van der Waals surface area contributed by atoms with Crippen molar-refractivity contribution in [2.24, 2.45) is 0 Å². The van der Waals surface area contributed by atoms with E-state index in [0.29, 0.717) is 0 Å². The second kappa shape index (κ2) is 2.86. The minimum atomic E-state index is -0.585. The molecule has 0 fully saturated rings. The van der Waals surface area contributed by atoms with Gasteiger partial charge in [-0.05, 0) is 0 Å². The molecular weight excluding hydrogens is 244 g/mol. The van der Waals surface area contributed by atoms with Crippen molar-refractivity contribution in [3.63, 3.8) is 0 Å². The van der Waals surface area contributed by atoms with Crippen LogP contribution in [0.4, 0.5) is 10.1 Å². The van der Waals surface area contributed by atoms with Crippen LogP contribution >= 0.6 is 0 Å². The van der Waals surface area contributed by atoms with E-state index < -0.39 is 25.7 Å². The molecule has 1 aromatic heterocycles. The topological polar surface area (TPSA) is 68.9 Å². The molecule has 0 saturated carbocycles. The van der Waals surface area contributed by atoms with E-state index in [-0.39, 0.29) is 16.7 Å². The summed E-state index contributed by atoms with van der Waals surface area (Å²) in [6.07, 6.45) is 0. The Labute approximate surface area is 77.6 Å². The van der Waals surface area contributed by atoms with Crippen molar-refractivity contribution < 1.29 is 9.31 Å². The van der Waals surface area contributed by atoms with Crippen molar-refractivity contribution in [1.29, 1.82) is 0 Å². The monoisotopic (exact) mass is 247 g/mol. The van der Waals surface area contributed by atoms with Gasteiger partial charge in [0.05, 0.1) is 0 Å². The number of nitrogens with zero attached hydrogens (tertiary/aromatic N) is 3. The van der Waals surface area contributed by atoms with E-state index in [1.165, 1.54) is 0 Å². The Balaban J connectivity index is 2.86. The van der Waals surface area contributed by atoms with Crippen LogP contribution in [-0.2, 0) is 0 Å². The summed E-state index contributed by atoms with van der Waals surface area (Å²) in [4.78, 5) is 9.88. The molecule has 2 aromatic rings. The van der Waals surface area contributed by atoms with Gasteiger partial charge in [-0.25, -0.2) is 0 Å². The Morgan fingerprint density at radius 3 is 2.77 bits per heavy atom. The Morgan fingerprint density at radius 1 is 1.38 bits per heavy atom. The summed E-state index contributed by atoms with van der Waals surface area (Å²) in [6, 6.07) is 2.14. The van der Waals surface area contributed by atoms with Gasteiger partial charge >= 0.3 is 77.0 Å². The Morgan fingerprint density at radius 2 is 2.08 bits per heavy atom. The van der Waals surface area contributed by atoms with Crippen molar-refractivity contribution in [2.45, 2.75) is 0 Å². The molecule has 0 bridgehead atoms. The zero-order chi connectivity index (χ0) is 9.42. The summed E-state index contributed by atoms with van der Waals surface area (Å²) in [7, 11) is 0. The first-order valence-electron chi connectivity index (χ1n) is 3.25. The van der Waals surface area contributed by atoms with Crippen molar-refractivity contribution >= 4 is 31.7 Å². The van der Waals surface area contributed by atoms with Crippen LogP contribution in [0.2, 0.25) is 0 Å². The van der Waals surface area contributed by atoms with E-state index in [1.54, 1.807) is 0 Å². The number of fused-ring (bicyclic) bond motifs is 1. The third-order valence-electron chi connectivity index (χ3n) is 1.54. The molecule has 0 saturated heterocycles. The fourth-order valence-electron chi connectivity index (χ4n) is 0.971. The van der Waals surface area contributed by atoms with E-state index in [1.807, 2.05) is 0 Å². The summed E-state index contributed by atoms with van der Waals surface area (Å²) in [6.45, 7) is 0. The molecule has 0 atom stereocenters. The molecule has 5 nitrogen and oxygen atoms in total. The number of non-ortho nitro benzene ring substituents is 1. The molecule has 0 spiro atoms. The third-order valence-corrected chi connectivity index (χ3v) is 2.65. The fraction of sp³-hybridized carbons (Fsp3) is 0. The average molecular weight is 246 g/mol. The molecule has 0 aliphatic rings. The second-order valence-electron chi connectivity index (χ2n) is 2.29. The predicted molar refractivity (Wildman–Crippen MR) is 43.1 cm³/mol. The van der Waals surface area contributed by atoms with Crippen molar-refractivity contribution in [3.05, 3.63) is 28.1 Å². The van der Waals surface area contributed by atoms with Gasteiger partial charge in [-0.3, -0.25) is 0 Å². The van der Waals surface area contributed by atoms with Gasteiger partial charge in [0.15, 0.2) is 0 Å². The Hall–Kier alpha value is -1.33. The first-order chi connectivity index (χ1) is 6.20. The predicted octanol–water partition coefficient (Wildman–Crippen LogP) is 0.734. The number of halogens is 1. The SMILES string of the molecule is O=[N+]([O-])c1ccc(F)c2n[se]nc12. The maximum absolute atomic E-state index is 13.0. The van der Waals surface area contributed by atoms with Crippen LogP contribution in [0.1, 0.15) is 0 Å². The van der Waals surface area contributed by atoms with E-state index in [2.05, 4.69) is 7.96 Å². The normalized spacial score (nSPS) is 10.5. The molecule has 0 amide bonds. The third kappa shape index (κ3) is 1.22. The quantitative estimate of drug-likeness (QED) is 0.422. The van der Waals surface area contributed by atoms with Crippen LogP contribution in [0.5, 0.6) is 0 Å². The van der Waals surface area contributed by atoms with Gasteiger partial charge in [0.2, 0.25) is 0 Å². The summed E-state index contributed by atoms with van der Waals surface area (Å²) >= 11 is -0.449. The number of hydrogen-bond acceptors (Lipinski definition) is 4. The van der Waals surface area contributed by atoms with Crippen LogP contribution in [0.3, 0.4) is 0 Å². The van der Waals surface area contributed by atoms with E-state index >= 15 is 0 Å². The standard InChI is InChI=1S/C6H2FN3O2Se/c7-3-1-2-4(10(11)12)6-5(3)8-13-9-6/h1-2H. The van der Waals surface area contributed by atoms with Gasteiger partial charge in [-0.1, -0.05) is 0 Å². The molecule has 66 valence electrons. The maximum atomic E-state index is 13.0. The average Bonchev–Trinajstić information content (AvgIpc) is 2.53. The van der Waals surface area contributed by atoms with Crippen molar-refractivity contribution in [2.75, 3.05) is 0 Å². The summed E-state index contributed by atoms with van der Waals surface area (Å²) < 4.78 is 20.5. The van der Waals surface area contributed by atoms with Crippen LogP contribution in [0.15, 0.2) is 12.1 Å². The fourth-order valence-corrected chi connectivity index (χ4v) is 2.14. The Kier molecular flexibility index (Phi) is 1.82. The first-order valence-corrected chi connectivity index (χ1v) is 4.78. The number of benzene rings is 1. The van der Waals surface area contributed by atoms with E-state index in [4.69, 9.17) is 0 Å². The number of aromatic nitrogens is 2. The summed E-state index contributed by atoms with van der Waals surface area (Å²) in [5.74, 6) is -0.552. The van der Waals surface area contributed by atoms with Gasteiger partial charge < -0.3 is 0 Å². The van der Waals surface area contributed by atoms with E-state index in [0.717, 1.165) is 12.1 Å². The van der Waals surface area contributed by atoms with Gasteiger partial charge in [0.1, 0.15) is 0 Å². The molecule has 2 rings (SSSR count). The molecule has 0 radical (unpaired) electrons. The molecule has 0 N–H and O–H groups in total. The molecule has 0 aliphatic heterocycles. The zero-order valence-corrected chi connectivity index (χ0v) is 7.81. The Bertz CT molecular complexity index is 484. The number of nitro benzene ring substituents is 1. The van der Waals surface area contributed by atoms with Gasteiger partial charge in [-0.2, -0.15) is 0 Å². The van der Waals surface area contributed by atoms with E-state index in [9.17, 15) is 14.5 Å². The van der Waals surface area contributed by atoms with Crippen LogP contribution in [0, 0.1) is 15.9 Å². The van der Waals surface area contributed by atoms with Crippen LogP contribution in [0.25, 0.3) is 11.0 Å². The summed E-state index contributed by atoms with van der Waals surface area (Å²) in [5, 5.41) is 10.5. The van der Waals surface area contributed by atoms with Gasteiger partial charge in [-0.15, -0.1) is 0 Å². The number of nitro groups is 1. The zero-order valence-electron chi connectivity index (χ0n) is 6.10. The number of hydrogen-bond donors (Lipinski definition) is 0. The van der Waals surface area contributed by atoms with Crippen molar-refractivity contribution in [1.82, 2.24) is 7.96 Å². The minimum absolute atomic E-state index is 0.0224. The van der Waals surface area contributed by atoms with Gasteiger partial charge in [0.25, 0.3) is 0 Å². The van der Waals surface area contributed by atoms with Crippen molar-refractivity contribution in [3.8, 4) is 0 Å². The molecule has 1 aromatic carbocycles. The van der Waals surface area contributed by atoms with Crippen LogP contribution in [-0.4, -0.2) is 27.8 Å². The summed E-state index contributed by atoms with van der Waals surface area (Å²) in [5.41, 5.74) is -0.0845. The second-order valence-corrected chi connectivity index (χ2v) is 3.39.